The van der Waals surface area contributed by atoms with Gasteiger partial charge in [0.2, 0.25) is 0 Å². The van der Waals surface area contributed by atoms with Crippen LogP contribution in [0.5, 0.6) is 5.75 Å². The predicted molar refractivity (Wildman–Crippen MR) is 78.5 cm³/mol. The van der Waals surface area contributed by atoms with Crippen LogP contribution in [0.1, 0.15) is 31.7 Å². The minimum atomic E-state index is 0.660. The first-order valence-corrected chi connectivity index (χ1v) is 7.69. The molecule has 2 fully saturated rings. The van der Waals surface area contributed by atoms with Crippen molar-refractivity contribution in [2.75, 3.05) is 13.7 Å². The highest BCUT2D eigenvalue weighted by Crippen LogP contribution is 2.59. The first-order valence-electron chi connectivity index (χ1n) is 7.69. The van der Waals surface area contributed by atoms with Gasteiger partial charge in [0.15, 0.2) is 0 Å². The summed E-state index contributed by atoms with van der Waals surface area (Å²) in [6, 6.07) is 9.20. The lowest BCUT2D eigenvalue weighted by molar-refractivity contribution is 0.404. The van der Waals surface area contributed by atoms with Crippen molar-refractivity contribution in [3.63, 3.8) is 0 Å². The van der Waals surface area contributed by atoms with E-state index in [4.69, 9.17) is 4.74 Å². The van der Waals surface area contributed by atoms with Crippen LogP contribution < -0.4 is 10.1 Å². The number of likely N-dealkylation sites (N-methyl/N-ethyl adjacent to an activating group) is 1. The Morgan fingerprint density at radius 3 is 2.79 bits per heavy atom. The maximum Gasteiger partial charge on any atom is 0.119 e. The monoisotopic (exact) mass is 259 g/mol. The fourth-order valence-corrected chi connectivity index (χ4v) is 4.13. The van der Waals surface area contributed by atoms with Gasteiger partial charge >= 0.3 is 0 Å². The molecule has 0 bridgehead atoms. The van der Waals surface area contributed by atoms with E-state index in [2.05, 4.69) is 30.4 Å². The standard InChI is InChI=1S/C17H25NO/c1-3-18-16(17-14-8-5-9-15(14)17)11-12-6-4-7-13(10-12)19-2/h4,6-7,10,14-18H,3,5,8-9,11H2,1-2H3. The summed E-state index contributed by atoms with van der Waals surface area (Å²) in [5.41, 5.74) is 1.40. The molecule has 3 unspecified atom stereocenters. The molecule has 1 N–H and O–H groups in total. The van der Waals surface area contributed by atoms with Crippen LogP contribution in [0, 0.1) is 17.8 Å². The molecule has 0 aliphatic heterocycles. The number of ether oxygens (including phenoxy) is 1. The summed E-state index contributed by atoms with van der Waals surface area (Å²) in [7, 11) is 1.74. The van der Waals surface area contributed by atoms with Crippen molar-refractivity contribution in [2.24, 2.45) is 17.8 Å². The molecule has 2 saturated carbocycles. The van der Waals surface area contributed by atoms with Crippen LogP contribution in [0.3, 0.4) is 0 Å². The second-order valence-corrected chi connectivity index (χ2v) is 6.06. The summed E-state index contributed by atoms with van der Waals surface area (Å²) in [6.45, 7) is 3.29. The molecule has 0 heterocycles. The van der Waals surface area contributed by atoms with Gasteiger partial charge in [-0.1, -0.05) is 25.5 Å². The number of methoxy groups -OCH3 is 1. The number of hydrogen-bond donors (Lipinski definition) is 1. The van der Waals surface area contributed by atoms with Crippen molar-refractivity contribution in [1.29, 1.82) is 0 Å². The van der Waals surface area contributed by atoms with Crippen LogP contribution in [-0.4, -0.2) is 19.7 Å². The third kappa shape index (κ3) is 2.64. The van der Waals surface area contributed by atoms with Crippen LogP contribution in [0.25, 0.3) is 0 Å². The third-order valence-electron chi connectivity index (χ3n) is 4.99. The minimum Gasteiger partial charge on any atom is -0.497 e. The summed E-state index contributed by atoms with van der Waals surface area (Å²) >= 11 is 0. The number of benzene rings is 1. The zero-order valence-corrected chi connectivity index (χ0v) is 12.1. The van der Waals surface area contributed by atoms with E-state index >= 15 is 0 Å². The Balaban J connectivity index is 1.67. The van der Waals surface area contributed by atoms with Gasteiger partial charge in [0.25, 0.3) is 0 Å². The molecule has 2 aliphatic carbocycles. The van der Waals surface area contributed by atoms with E-state index in [-0.39, 0.29) is 0 Å². The van der Waals surface area contributed by atoms with Crippen molar-refractivity contribution in [2.45, 2.75) is 38.6 Å². The molecule has 3 atom stereocenters. The highest BCUT2D eigenvalue weighted by atomic mass is 16.5. The highest BCUT2D eigenvalue weighted by molar-refractivity contribution is 5.29. The van der Waals surface area contributed by atoms with Crippen molar-refractivity contribution in [3.05, 3.63) is 29.8 Å². The van der Waals surface area contributed by atoms with Gasteiger partial charge in [-0.25, -0.2) is 0 Å². The molecule has 3 rings (SSSR count). The van der Waals surface area contributed by atoms with Crippen LogP contribution in [0.2, 0.25) is 0 Å². The van der Waals surface area contributed by atoms with Crippen molar-refractivity contribution < 1.29 is 4.74 Å². The van der Waals surface area contributed by atoms with E-state index < -0.39 is 0 Å². The van der Waals surface area contributed by atoms with E-state index in [1.165, 1.54) is 24.8 Å². The highest BCUT2D eigenvalue weighted by Gasteiger charge is 2.55. The number of rotatable bonds is 6. The molecule has 0 radical (unpaired) electrons. The number of nitrogens with one attached hydrogen (secondary N) is 1. The van der Waals surface area contributed by atoms with Gasteiger partial charge in [-0.05, 0) is 61.3 Å². The van der Waals surface area contributed by atoms with Gasteiger partial charge in [0.1, 0.15) is 5.75 Å². The summed E-state index contributed by atoms with van der Waals surface area (Å²) in [4.78, 5) is 0. The van der Waals surface area contributed by atoms with Gasteiger partial charge in [-0.15, -0.1) is 0 Å². The quantitative estimate of drug-likeness (QED) is 0.846. The lowest BCUT2D eigenvalue weighted by Crippen LogP contribution is -2.34. The molecular formula is C17H25NO. The smallest absolute Gasteiger partial charge is 0.119 e. The maximum atomic E-state index is 5.33. The van der Waals surface area contributed by atoms with E-state index in [0.29, 0.717) is 6.04 Å². The Labute approximate surface area is 116 Å². The molecule has 0 saturated heterocycles. The summed E-state index contributed by atoms with van der Waals surface area (Å²) in [6.07, 6.45) is 5.54. The van der Waals surface area contributed by atoms with Gasteiger partial charge in [-0.3, -0.25) is 0 Å². The fourth-order valence-electron chi connectivity index (χ4n) is 4.13. The average Bonchev–Trinajstić information content (AvgIpc) is 2.91. The third-order valence-corrected chi connectivity index (χ3v) is 4.99. The lowest BCUT2D eigenvalue weighted by Gasteiger charge is -2.20. The fraction of sp³-hybridized carbons (Fsp3) is 0.647. The molecule has 2 nitrogen and oxygen atoms in total. The van der Waals surface area contributed by atoms with Crippen LogP contribution in [0.4, 0.5) is 0 Å². The molecule has 1 aromatic carbocycles. The first-order chi connectivity index (χ1) is 9.33. The van der Waals surface area contributed by atoms with E-state index in [1.807, 2.05) is 6.07 Å². The van der Waals surface area contributed by atoms with Crippen LogP contribution >= 0.6 is 0 Å². The molecule has 19 heavy (non-hydrogen) atoms. The first kappa shape index (κ1) is 13.0. The second-order valence-electron chi connectivity index (χ2n) is 6.06. The summed E-state index contributed by atoms with van der Waals surface area (Å²) < 4.78 is 5.33. The molecule has 104 valence electrons. The SMILES string of the molecule is CCNC(Cc1cccc(OC)c1)C1C2CCCC21. The largest absolute Gasteiger partial charge is 0.497 e. The van der Waals surface area contributed by atoms with Crippen molar-refractivity contribution in [3.8, 4) is 5.75 Å². The summed E-state index contributed by atoms with van der Waals surface area (Å²) in [5.74, 6) is 3.95. The zero-order chi connectivity index (χ0) is 13.2. The Morgan fingerprint density at radius 2 is 2.11 bits per heavy atom. The molecule has 0 spiro atoms. The Kier molecular flexibility index (Phi) is 3.79. The molecule has 0 aromatic heterocycles. The van der Waals surface area contributed by atoms with Gasteiger partial charge in [-0.2, -0.15) is 0 Å². The predicted octanol–water partition coefficient (Wildman–Crippen LogP) is 3.26. The second kappa shape index (κ2) is 5.54. The van der Waals surface area contributed by atoms with E-state index in [9.17, 15) is 0 Å². The number of hydrogen-bond acceptors (Lipinski definition) is 2. The topological polar surface area (TPSA) is 21.3 Å². The van der Waals surface area contributed by atoms with E-state index in [0.717, 1.165) is 36.5 Å². The Bertz CT molecular complexity index is 421. The zero-order valence-electron chi connectivity index (χ0n) is 12.1. The molecular weight excluding hydrogens is 234 g/mol. The lowest BCUT2D eigenvalue weighted by atomic mass is 9.97. The molecule has 1 aromatic rings. The number of fused-ring (bicyclic) bond motifs is 1. The van der Waals surface area contributed by atoms with Crippen molar-refractivity contribution >= 4 is 0 Å². The maximum absolute atomic E-state index is 5.33. The average molecular weight is 259 g/mol. The normalized spacial score (nSPS) is 29.9. The van der Waals surface area contributed by atoms with Gasteiger partial charge < -0.3 is 10.1 Å². The Hall–Kier alpha value is -1.02. The minimum absolute atomic E-state index is 0.660. The van der Waals surface area contributed by atoms with E-state index in [1.54, 1.807) is 7.11 Å². The summed E-state index contributed by atoms with van der Waals surface area (Å²) in [5, 5.41) is 3.72. The Morgan fingerprint density at radius 1 is 1.32 bits per heavy atom. The van der Waals surface area contributed by atoms with Crippen molar-refractivity contribution in [1.82, 2.24) is 5.32 Å². The van der Waals surface area contributed by atoms with Crippen LogP contribution in [0.15, 0.2) is 24.3 Å². The van der Waals surface area contributed by atoms with Gasteiger partial charge in [0, 0.05) is 6.04 Å². The van der Waals surface area contributed by atoms with Crippen LogP contribution in [-0.2, 0) is 6.42 Å². The molecule has 2 aliphatic rings. The van der Waals surface area contributed by atoms with Gasteiger partial charge in [0.05, 0.1) is 7.11 Å². The molecule has 2 heteroatoms. The molecule has 0 amide bonds.